The van der Waals surface area contributed by atoms with Crippen molar-refractivity contribution in [1.82, 2.24) is 0 Å². The quantitative estimate of drug-likeness (QED) is 0.474. The summed E-state index contributed by atoms with van der Waals surface area (Å²) < 4.78 is 15.7. The summed E-state index contributed by atoms with van der Waals surface area (Å²) in [7, 11) is 5.17. The molecule has 3 nitrogen and oxygen atoms in total. The molecule has 3 aromatic rings. The molecule has 0 spiro atoms. The van der Waals surface area contributed by atoms with Crippen LogP contribution in [0.2, 0.25) is 0 Å². The molecule has 0 radical (unpaired) electrons. The van der Waals surface area contributed by atoms with E-state index in [9.17, 15) is 0 Å². The van der Waals surface area contributed by atoms with Gasteiger partial charge in [-0.3, -0.25) is 0 Å². The molecule has 0 saturated heterocycles. The van der Waals surface area contributed by atoms with Crippen LogP contribution in [-0.4, -0.2) is 21.3 Å². The largest absolute Gasteiger partial charge is 0.380 e. The van der Waals surface area contributed by atoms with Gasteiger partial charge in [-0.2, -0.15) is 0 Å². The lowest BCUT2D eigenvalue weighted by molar-refractivity contribution is 0.185. The Morgan fingerprint density at radius 1 is 0.464 bits per heavy atom. The molecule has 0 heterocycles. The Morgan fingerprint density at radius 3 is 0.929 bits per heavy atom. The average molecular weight is 376 g/mol. The van der Waals surface area contributed by atoms with Crippen LogP contribution >= 0.6 is 0 Å². The highest BCUT2D eigenvalue weighted by Crippen LogP contribution is 2.32. The molecule has 0 atom stereocenters. The van der Waals surface area contributed by atoms with Crippen molar-refractivity contribution in [1.29, 1.82) is 0 Å². The van der Waals surface area contributed by atoms with E-state index in [2.05, 4.69) is 72.8 Å². The van der Waals surface area contributed by atoms with Crippen molar-refractivity contribution in [2.45, 2.75) is 25.7 Å². The van der Waals surface area contributed by atoms with Crippen LogP contribution in [0.15, 0.2) is 72.8 Å². The van der Waals surface area contributed by atoms with E-state index in [1.165, 1.54) is 33.4 Å². The van der Waals surface area contributed by atoms with Gasteiger partial charge in [0.05, 0.1) is 19.8 Å². The molecule has 28 heavy (non-hydrogen) atoms. The van der Waals surface area contributed by atoms with E-state index in [-0.39, 0.29) is 5.92 Å². The Morgan fingerprint density at radius 2 is 0.714 bits per heavy atom. The molecule has 0 N–H and O–H groups in total. The second-order valence-corrected chi connectivity index (χ2v) is 6.96. The zero-order valence-corrected chi connectivity index (χ0v) is 16.9. The topological polar surface area (TPSA) is 27.7 Å². The summed E-state index contributed by atoms with van der Waals surface area (Å²) in [5, 5.41) is 0. The molecule has 3 aromatic carbocycles. The molecule has 0 bridgehead atoms. The number of methoxy groups -OCH3 is 3. The minimum Gasteiger partial charge on any atom is -0.380 e. The maximum Gasteiger partial charge on any atom is 0.0713 e. The van der Waals surface area contributed by atoms with Crippen molar-refractivity contribution in [3.05, 3.63) is 106 Å². The molecule has 0 aromatic heterocycles. The number of ether oxygens (including phenoxy) is 3. The van der Waals surface area contributed by atoms with E-state index < -0.39 is 0 Å². The van der Waals surface area contributed by atoms with Crippen molar-refractivity contribution < 1.29 is 14.2 Å². The third-order valence-corrected chi connectivity index (χ3v) is 4.87. The summed E-state index contributed by atoms with van der Waals surface area (Å²) in [4.78, 5) is 0. The van der Waals surface area contributed by atoms with E-state index in [4.69, 9.17) is 14.2 Å². The van der Waals surface area contributed by atoms with Gasteiger partial charge in [-0.15, -0.1) is 0 Å². The van der Waals surface area contributed by atoms with Crippen molar-refractivity contribution in [3.63, 3.8) is 0 Å². The van der Waals surface area contributed by atoms with E-state index in [1.807, 2.05) is 0 Å². The highest BCUT2D eigenvalue weighted by Gasteiger charge is 2.17. The lowest BCUT2D eigenvalue weighted by Gasteiger charge is -2.20. The maximum absolute atomic E-state index is 5.25. The van der Waals surface area contributed by atoms with E-state index in [0.29, 0.717) is 19.8 Å². The Kier molecular flexibility index (Phi) is 7.38. The summed E-state index contributed by atoms with van der Waals surface area (Å²) in [6.07, 6.45) is 0. The molecule has 0 amide bonds. The smallest absolute Gasteiger partial charge is 0.0713 e. The van der Waals surface area contributed by atoms with Crippen molar-refractivity contribution in [2.24, 2.45) is 0 Å². The second-order valence-electron chi connectivity index (χ2n) is 6.96. The highest BCUT2D eigenvalue weighted by atomic mass is 16.5. The molecule has 0 saturated carbocycles. The van der Waals surface area contributed by atoms with Crippen molar-refractivity contribution in [3.8, 4) is 0 Å². The van der Waals surface area contributed by atoms with Crippen molar-refractivity contribution >= 4 is 0 Å². The predicted molar refractivity (Wildman–Crippen MR) is 112 cm³/mol. The Bertz CT molecular complexity index is 719. The van der Waals surface area contributed by atoms with Gasteiger partial charge >= 0.3 is 0 Å². The standard InChI is InChI=1S/C25H28O3/c1-26-16-19-4-10-22(11-5-19)25(23-12-6-20(7-13-23)17-27-2)24-14-8-21(9-15-24)18-28-3/h4-15,25H,16-18H2,1-3H3. The summed E-state index contributed by atoms with van der Waals surface area (Å²) in [6, 6.07) is 26.1. The molecular formula is C25H28O3. The summed E-state index contributed by atoms with van der Waals surface area (Å²) in [5.41, 5.74) is 7.32. The molecule has 146 valence electrons. The third kappa shape index (κ3) is 5.08. The molecule has 0 aliphatic rings. The van der Waals surface area contributed by atoms with Gasteiger partial charge in [-0.05, 0) is 33.4 Å². The fourth-order valence-electron chi connectivity index (χ4n) is 3.50. The van der Waals surface area contributed by atoms with Crippen LogP contribution in [0.3, 0.4) is 0 Å². The van der Waals surface area contributed by atoms with E-state index in [0.717, 1.165) is 0 Å². The minimum atomic E-state index is 0.171. The average Bonchev–Trinajstić information content (AvgIpc) is 2.73. The van der Waals surface area contributed by atoms with Gasteiger partial charge in [0.25, 0.3) is 0 Å². The first-order valence-corrected chi connectivity index (χ1v) is 9.48. The van der Waals surface area contributed by atoms with Gasteiger partial charge < -0.3 is 14.2 Å². The van der Waals surface area contributed by atoms with E-state index >= 15 is 0 Å². The van der Waals surface area contributed by atoms with Crippen LogP contribution in [0.5, 0.6) is 0 Å². The number of rotatable bonds is 9. The monoisotopic (exact) mass is 376 g/mol. The first-order valence-electron chi connectivity index (χ1n) is 9.48. The summed E-state index contributed by atoms with van der Waals surface area (Å²) in [6.45, 7) is 1.88. The Hall–Kier alpha value is -2.46. The van der Waals surface area contributed by atoms with Crippen LogP contribution in [-0.2, 0) is 34.0 Å². The first kappa shape index (κ1) is 20.3. The molecule has 0 fully saturated rings. The Labute approximate surface area is 167 Å². The summed E-state index contributed by atoms with van der Waals surface area (Å²) in [5.74, 6) is 0.171. The molecule has 3 rings (SSSR count). The highest BCUT2D eigenvalue weighted by molar-refractivity contribution is 5.44. The second kappa shape index (κ2) is 10.2. The number of hydrogen-bond donors (Lipinski definition) is 0. The number of hydrogen-bond acceptors (Lipinski definition) is 3. The van der Waals surface area contributed by atoms with Crippen LogP contribution in [0, 0.1) is 0 Å². The maximum atomic E-state index is 5.25. The minimum absolute atomic E-state index is 0.171. The van der Waals surface area contributed by atoms with Crippen LogP contribution in [0.4, 0.5) is 0 Å². The van der Waals surface area contributed by atoms with Gasteiger partial charge in [0.2, 0.25) is 0 Å². The molecular weight excluding hydrogens is 348 g/mol. The fraction of sp³-hybridized carbons (Fsp3) is 0.280. The zero-order chi connectivity index (χ0) is 19.8. The lowest BCUT2D eigenvalue weighted by Crippen LogP contribution is -2.04. The molecule has 3 heteroatoms. The van der Waals surface area contributed by atoms with E-state index in [1.54, 1.807) is 21.3 Å². The van der Waals surface area contributed by atoms with Gasteiger partial charge in [0.15, 0.2) is 0 Å². The van der Waals surface area contributed by atoms with Gasteiger partial charge in [-0.1, -0.05) is 72.8 Å². The Balaban J connectivity index is 1.97. The molecule has 0 aliphatic heterocycles. The SMILES string of the molecule is COCc1ccc(C(c2ccc(COC)cc2)c2ccc(COC)cc2)cc1. The van der Waals surface area contributed by atoms with Crippen molar-refractivity contribution in [2.75, 3.05) is 21.3 Å². The summed E-state index contributed by atoms with van der Waals surface area (Å²) >= 11 is 0. The zero-order valence-electron chi connectivity index (χ0n) is 16.9. The van der Waals surface area contributed by atoms with Gasteiger partial charge in [-0.25, -0.2) is 0 Å². The molecule has 0 aliphatic carbocycles. The normalized spacial score (nSPS) is 11.1. The van der Waals surface area contributed by atoms with Gasteiger partial charge in [0, 0.05) is 27.2 Å². The lowest BCUT2D eigenvalue weighted by atomic mass is 9.84. The van der Waals surface area contributed by atoms with Crippen LogP contribution in [0.25, 0.3) is 0 Å². The number of benzene rings is 3. The third-order valence-electron chi connectivity index (χ3n) is 4.87. The predicted octanol–water partition coefficient (Wildman–Crippen LogP) is 5.31. The fourth-order valence-corrected chi connectivity index (χ4v) is 3.50. The first-order chi connectivity index (χ1) is 13.7. The van der Waals surface area contributed by atoms with Crippen LogP contribution < -0.4 is 0 Å². The van der Waals surface area contributed by atoms with Gasteiger partial charge in [0.1, 0.15) is 0 Å². The van der Waals surface area contributed by atoms with Crippen LogP contribution in [0.1, 0.15) is 39.3 Å². The molecule has 0 unspecified atom stereocenters.